The summed E-state index contributed by atoms with van der Waals surface area (Å²) in [4.78, 5) is 11.8. The fourth-order valence-electron chi connectivity index (χ4n) is 1.70. The number of methoxy groups -OCH3 is 2. The predicted octanol–water partition coefficient (Wildman–Crippen LogP) is 3.10. The molecule has 5 nitrogen and oxygen atoms in total. The molecule has 7 heteroatoms. The second-order valence-corrected chi connectivity index (χ2v) is 12.2. The van der Waals surface area contributed by atoms with Crippen molar-refractivity contribution in [3.63, 3.8) is 0 Å². The Kier molecular flexibility index (Phi) is 9.21. The number of rotatable bonds is 10. The van der Waals surface area contributed by atoms with Crippen molar-refractivity contribution in [2.45, 2.75) is 64.1 Å². The standard InChI is InChI=1S/C14H31O5PSi/c1-14(2,3)21(6,7)19-12(8-11(15)10-20-16)9-13(17-4)18-5/h12-13H,8-10,20H2,1-7H3/t12-/m0/s1. The van der Waals surface area contributed by atoms with Crippen molar-refractivity contribution in [1.82, 2.24) is 0 Å². The minimum Gasteiger partial charge on any atom is -0.413 e. The van der Waals surface area contributed by atoms with Gasteiger partial charge in [-0.05, 0) is 18.1 Å². The zero-order valence-corrected chi connectivity index (χ0v) is 16.5. The van der Waals surface area contributed by atoms with Crippen LogP contribution in [0.2, 0.25) is 18.1 Å². The molecule has 0 bridgehead atoms. The topological polar surface area (TPSA) is 61.8 Å². The molecule has 0 aliphatic rings. The van der Waals surface area contributed by atoms with Crippen LogP contribution in [0, 0.1) is 0 Å². The number of carbonyl (C=O) groups excluding carboxylic acids is 1. The fourth-order valence-corrected chi connectivity index (χ4v) is 3.42. The maximum atomic E-state index is 11.8. The first-order chi connectivity index (χ1) is 9.57. The predicted molar refractivity (Wildman–Crippen MR) is 89.4 cm³/mol. The molecule has 0 N–H and O–H groups in total. The van der Waals surface area contributed by atoms with Crippen LogP contribution >= 0.6 is 8.46 Å². The van der Waals surface area contributed by atoms with Gasteiger partial charge < -0.3 is 18.5 Å². The van der Waals surface area contributed by atoms with Crippen molar-refractivity contribution in [3.05, 3.63) is 0 Å². The third kappa shape index (κ3) is 7.70. The first-order valence-corrected chi connectivity index (χ1v) is 11.5. The summed E-state index contributed by atoms with van der Waals surface area (Å²) in [5.41, 5.74) is 0. The minimum absolute atomic E-state index is 0.0188. The lowest BCUT2D eigenvalue weighted by molar-refractivity contribution is -0.128. The molecular weight excluding hydrogens is 307 g/mol. The van der Waals surface area contributed by atoms with E-state index in [0.29, 0.717) is 6.42 Å². The highest BCUT2D eigenvalue weighted by Gasteiger charge is 2.39. The third-order valence-electron chi connectivity index (χ3n) is 4.01. The summed E-state index contributed by atoms with van der Waals surface area (Å²) in [6.07, 6.45) is 0.258. The summed E-state index contributed by atoms with van der Waals surface area (Å²) in [5.74, 6) is -0.0188. The number of hydrogen-bond donors (Lipinski definition) is 0. The van der Waals surface area contributed by atoms with Crippen LogP contribution in [0.25, 0.3) is 0 Å². The van der Waals surface area contributed by atoms with Crippen LogP contribution in [0.15, 0.2) is 0 Å². The molecule has 0 aliphatic heterocycles. The van der Waals surface area contributed by atoms with E-state index >= 15 is 0 Å². The Hall–Kier alpha value is -0.00312. The summed E-state index contributed by atoms with van der Waals surface area (Å²) in [5, 5.41) is 0.0632. The van der Waals surface area contributed by atoms with Crippen molar-refractivity contribution in [1.29, 1.82) is 0 Å². The molecule has 0 aliphatic carbocycles. The lowest BCUT2D eigenvalue weighted by Crippen LogP contribution is -2.45. The molecule has 0 fully saturated rings. The Morgan fingerprint density at radius 3 is 2.10 bits per heavy atom. The van der Waals surface area contributed by atoms with Gasteiger partial charge >= 0.3 is 0 Å². The Labute approximate surface area is 131 Å². The van der Waals surface area contributed by atoms with E-state index in [2.05, 4.69) is 33.9 Å². The van der Waals surface area contributed by atoms with E-state index in [9.17, 15) is 9.36 Å². The maximum Gasteiger partial charge on any atom is 0.192 e. The highest BCUT2D eigenvalue weighted by atomic mass is 31.1. The Bertz CT molecular complexity index is 337. The van der Waals surface area contributed by atoms with E-state index in [4.69, 9.17) is 13.9 Å². The molecule has 0 spiro atoms. The second kappa shape index (κ2) is 9.21. The van der Waals surface area contributed by atoms with Gasteiger partial charge in [-0.25, -0.2) is 0 Å². The van der Waals surface area contributed by atoms with Crippen molar-refractivity contribution in [2.24, 2.45) is 0 Å². The maximum absolute atomic E-state index is 11.8. The van der Waals surface area contributed by atoms with Gasteiger partial charge in [0, 0.05) is 27.1 Å². The third-order valence-corrected chi connectivity index (χ3v) is 9.17. The van der Waals surface area contributed by atoms with Gasteiger partial charge in [0.2, 0.25) is 0 Å². The van der Waals surface area contributed by atoms with Crippen molar-refractivity contribution < 1.29 is 23.3 Å². The Morgan fingerprint density at radius 1 is 1.19 bits per heavy atom. The zero-order valence-electron chi connectivity index (χ0n) is 14.4. The van der Waals surface area contributed by atoms with Crippen LogP contribution in [0.1, 0.15) is 33.6 Å². The average Bonchev–Trinajstić information content (AvgIpc) is 2.34. The van der Waals surface area contributed by atoms with Gasteiger partial charge in [-0.2, -0.15) is 0 Å². The van der Waals surface area contributed by atoms with Gasteiger partial charge in [0.25, 0.3) is 0 Å². The van der Waals surface area contributed by atoms with Crippen LogP contribution in [0.5, 0.6) is 0 Å². The van der Waals surface area contributed by atoms with Crippen molar-refractivity contribution in [3.8, 4) is 0 Å². The largest absolute Gasteiger partial charge is 0.413 e. The quantitative estimate of drug-likeness (QED) is 0.348. The van der Waals surface area contributed by atoms with Crippen LogP contribution in [-0.2, 0) is 23.3 Å². The molecule has 21 heavy (non-hydrogen) atoms. The summed E-state index contributed by atoms with van der Waals surface area (Å²) < 4.78 is 27.4. The zero-order chi connectivity index (χ0) is 16.7. The monoisotopic (exact) mass is 338 g/mol. The molecule has 0 aromatic rings. The Balaban J connectivity index is 4.95. The number of hydrogen-bond acceptors (Lipinski definition) is 5. The second-order valence-electron chi connectivity index (χ2n) is 6.75. The molecule has 0 heterocycles. The SMILES string of the molecule is COC(C[C@H](CC(=O)C[PH2]=O)O[Si](C)(C)C(C)(C)C)OC. The summed E-state index contributed by atoms with van der Waals surface area (Å²) >= 11 is 0. The fraction of sp³-hybridized carbons (Fsp3) is 0.929. The minimum atomic E-state index is -1.98. The number of ether oxygens (including phenoxy) is 2. The van der Waals surface area contributed by atoms with Crippen LogP contribution in [-0.4, -0.2) is 46.9 Å². The lowest BCUT2D eigenvalue weighted by Gasteiger charge is -2.39. The summed E-state index contributed by atoms with van der Waals surface area (Å²) in [7, 11) is 0.114. The highest BCUT2D eigenvalue weighted by Crippen LogP contribution is 2.38. The molecule has 0 amide bonds. The lowest BCUT2D eigenvalue weighted by atomic mass is 10.1. The van der Waals surface area contributed by atoms with E-state index < -0.39 is 23.1 Å². The molecule has 126 valence electrons. The summed E-state index contributed by atoms with van der Waals surface area (Å²) in [6, 6.07) is 0. The number of carbonyl (C=O) groups is 1. The first kappa shape index (κ1) is 21.0. The van der Waals surface area contributed by atoms with E-state index in [0.717, 1.165) is 0 Å². The van der Waals surface area contributed by atoms with Gasteiger partial charge in [-0.1, -0.05) is 20.8 Å². The molecule has 1 unspecified atom stereocenters. The first-order valence-electron chi connectivity index (χ1n) is 7.26. The molecule has 0 aromatic carbocycles. The van der Waals surface area contributed by atoms with Gasteiger partial charge in [0.1, 0.15) is 5.78 Å². The number of Topliss-reactive ketones (excluding diaryl/α,β-unsaturated/α-hetero) is 1. The molecule has 0 saturated heterocycles. The Morgan fingerprint density at radius 2 is 1.71 bits per heavy atom. The smallest absolute Gasteiger partial charge is 0.192 e. The summed E-state index contributed by atoms with van der Waals surface area (Å²) in [6.45, 7) is 10.8. The highest BCUT2D eigenvalue weighted by molar-refractivity contribution is 7.25. The van der Waals surface area contributed by atoms with Crippen molar-refractivity contribution in [2.75, 3.05) is 20.4 Å². The van der Waals surface area contributed by atoms with E-state index in [1.807, 2.05) is 0 Å². The van der Waals surface area contributed by atoms with E-state index in [1.165, 1.54) is 0 Å². The normalized spacial score (nSPS) is 15.0. The van der Waals surface area contributed by atoms with Crippen LogP contribution < -0.4 is 0 Å². The average molecular weight is 338 g/mol. The van der Waals surface area contributed by atoms with Crippen LogP contribution in [0.4, 0.5) is 0 Å². The van der Waals surface area contributed by atoms with Gasteiger partial charge in [0.05, 0.1) is 20.7 Å². The van der Waals surface area contributed by atoms with Gasteiger partial charge in [-0.15, -0.1) is 0 Å². The molecular formula is C14H31O5PSi. The molecule has 0 saturated carbocycles. The molecule has 0 rings (SSSR count). The van der Waals surface area contributed by atoms with Gasteiger partial charge in [0.15, 0.2) is 14.6 Å². The molecule has 0 aromatic heterocycles. The van der Waals surface area contributed by atoms with E-state index in [1.54, 1.807) is 14.2 Å². The van der Waals surface area contributed by atoms with E-state index in [-0.39, 0.29) is 29.5 Å². The van der Waals surface area contributed by atoms with Crippen LogP contribution in [0.3, 0.4) is 0 Å². The van der Waals surface area contributed by atoms with Crippen molar-refractivity contribution >= 4 is 22.6 Å². The molecule has 2 atom stereocenters. The molecule has 0 radical (unpaired) electrons. The van der Waals surface area contributed by atoms with Gasteiger partial charge in [-0.3, -0.25) is 4.79 Å². The number of ketones is 1.